The number of methoxy groups -OCH3 is 1. The van der Waals surface area contributed by atoms with E-state index in [0.29, 0.717) is 12.2 Å². The largest absolute Gasteiger partial charge is 0.497 e. The van der Waals surface area contributed by atoms with Crippen LogP contribution in [0.5, 0.6) is 11.5 Å². The first-order chi connectivity index (χ1) is 9.76. The molecule has 0 amide bonds. The van der Waals surface area contributed by atoms with Crippen LogP contribution in [0.15, 0.2) is 42.5 Å². The van der Waals surface area contributed by atoms with Gasteiger partial charge in [-0.05, 0) is 23.8 Å². The van der Waals surface area contributed by atoms with Crippen LogP contribution < -0.4 is 9.47 Å². The predicted octanol–water partition coefficient (Wildman–Crippen LogP) is 4.04. The molecule has 0 aliphatic heterocycles. The zero-order valence-corrected chi connectivity index (χ0v) is 12.7. The maximum atomic E-state index is 8.76. The molecule has 0 saturated heterocycles. The summed E-state index contributed by atoms with van der Waals surface area (Å²) in [4.78, 5) is 0. The second kappa shape index (κ2) is 6.97. The van der Waals surface area contributed by atoms with Crippen molar-refractivity contribution in [2.45, 2.75) is 11.9 Å². The number of benzene rings is 2. The summed E-state index contributed by atoms with van der Waals surface area (Å²) in [5, 5.41) is 9.48. The van der Waals surface area contributed by atoms with Crippen molar-refractivity contribution in [2.24, 2.45) is 0 Å². The van der Waals surface area contributed by atoms with Crippen LogP contribution in [0, 0.1) is 11.3 Å². The van der Waals surface area contributed by atoms with E-state index in [1.54, 1.807) is 19.2 Å². The zero-order chi connectivity index (χ0) is 14.4. The van der Waals surface area contributed by atoms with Gasteiger partial charge in [-0.1, -0.05) is 34.1 Å². The Balaban J connectivity index is 2.11. The summed E-state index contributed by atoms with van der Waals surface area (Å²) in [5.41, 5.74) is 2.74. The minimum Gasteiger partial charge on any atom is -0.497 e. The van der Waals surface area contributed by atoms with E-state index in [9.17, 15) is 0 Å². The minimum atomic E-state index is 0.457. The lowest BCUT2D eigenvalue weighted by molar-refractivity contribution is 0.301. The molecule has 0 fully saturated rings. The SMILES string of the molecule is COc1ccc(CBr)c(OCc2ccc(C#N)cc2)c1. The molecule has 0 atom stereocenters. The van der Waals surface area contributed by atoms with Crippen molar-refractivity contribution in [1.29, 1.82) is 5.26 Å². The standard InChI is InChI=1S/C16H14BrNO2/c1-19-15-7-6-14(9-17)16(8-15)20-11-13-4-2-12(10-18)3-5-13/h2-8H,9,11H2,1H3. The summed E-state index contributed by atoms with van der Waals surface area (Å²) in [6.07, 6.45) is 0. The van der Waals surface area contributed by atoms with Crippen LogP contribution in [0.4, 0.5) is 0 Å². The van der Waals surface area contributed by atoms with Crippen LogP contribution >= 0.6 is 15.9 Å². The van der Waals surface area contributed by atoms with Gasteiger partial charge in [0.05, 0.1) is 18.7 Å². The first-order valence-electron chi connectivity index (χ1n) is 6.11. The lowest BCUT2D eigenvalue weighted by Crippen LogP contribution is -1.98. The van der Waals surface area contributed by atoms with E-state index in [0.717, 1.165) is 28.0 Å². The van der Waals surface area contributed by atoms with Crippen molar-refractivity contribution in [3.8, 4) is 17.6 Å². The molecule has 0 spiro atoms. The molecule has 4 heteroatoms. The minimum absolute atomic E-state index is 0.457. The number of alkyl halides is 1. The molecule has 0 aliphatic carbocycles. The maximum Gasteiger partial charge on any atom is 0.127 e. The van der Waals surface area contributed by atoms with Gasteiger partial charge in [-0.25, -0.2) is 0 Å². The maximum absolute atomic E-state index is 8.76. The predicted molar refractivity (Wildman–Crippen MR) is 81.1 cm³/mol. The van der Waals surface area contributed by atoms with Gasteiger partial charge >= 0.3 is 0 Å². The monoisotopic (exact) mass is 331 g/mol. The van der Waals surface area contributed by atoms with Gasteiger partial charge in [-0.3, -0.25) is 0 Å². The quantitative estimate of drug-likeness (QED) is 0.776. The van der Waals surface area contributed by atoms with Crippen molar-refractivity contribution in [1.82, 2.24) is 0 Å². The molecule has 2 rings (SSSR count). The molecule has 2 aromatic rings. The second-order valence-electron chi connectivity index (χ2n) is 4.20. The highest BCUT2D eigenvalue weighted by atomic mass is 79.9. The molecule has 20 heavy (non-hydrogen) atoms. The van der Waals surface area contributed by atoms with E-state index in [-0.39, 0.29) is 0 Å². The topological polar surface area (TPSA) is 42.2 Å². The van der Waals surface area contributed by atoms with Crippen molar-refractivity contribution >= 4 is 15.9 Å². The Morgan fingerprint density at radius 2 is 1.90 bits per heavy atom. The molecule has 3 nitrogen and oxygen atoms in total. The summed E-state index contributed by atoms with van der Waals surface area (Å²) in [6.45, 7) is 0.457. The van der Waals surface area contributed by atoms with Crippen LogP contribution in [0.2, 0.25) is 0 Å². The first kappa shape index (κ1) is 14.4. The van der Waals surface area contributed by atoms with Gasteiger partial charge in [0.2, 0.25) is 0 Å². The average molecular weight is 332 g/mol. The summed E-state index contributed by atoms with van der Waals surface area (Å²) < 4.78 is 11.0. The van der Waals surface area contributed by atoms with Crippen molar-refractivity contribution in [3.05, 3.63) is 59.2 Å². The van der Waals surface area contributed by atoms with Crippen LogP contribution in [0.1, 0.15) is 16.7 Å². The van der Waals surface area contributed by atoms with E-state index in [1.807, 2.05) is 30.3 Å². The number of nitrogens with zero attached hydrogens (tertiary/aromatic N) is 1. The average Bonchev–Trinajstić information content (AvgIpc) is 2.53. The normalized spacial score (nSPS) is 9.85. The Morgan fingerprint density at radius 3 is 2.50 bits per heavy atom. The van der Waals surface area contributed by atoms with Gasteiger partial charge in [-0.2, -0.15) is 5.26 Å². The van der Waals surface area contributed by atoms with Crippen LogP contribution in [0.25, 0.3) is 0 Å². The summed E-state index contributed by atoms with van der Waals surface area (Å²) in [5.74, 6) is 1.56. The highest BCUT2D eigenvalue weighted by Crippen LogP contribution is 2.27. The summed E-state index contributed by atoms with van der Waals surface area (Å²) in [7, 11) is 1.63. The number of rotatable bonds is 5. The van der Waals surface area contributed by atoms with Crippen LogP contribution in [-0.2, 0) is 11.9 Å². The Bertz CT molecular complexity index is 617. The number of halogens is 1. The third-order valence-corrected chi connectivity index (χ3v) is 3.50. The fourth-order valence-corrected chi connectivity index (χ4v) is 2.21. The zero-order valence-electron chi connectivity index (χ0n) is 11.1. The molecule has 0 radical (unpaired) electrons. The summed E-state index contributed by atoms with van der Waals surface area (Å²) >= 11 is 3.44. The smallest absolute Gasteiger partial charge is 0.127 e. The molecule has 0 heterocycles. The highest BCUT2D eigenvalue weighted by Gasteiger charge is 2.05. The van der Waals surface area contributed by atoms with E-state index in [4.69, 9.17) is 14.7 Å². The molecule has 102 valence electrons. The molecular weight excluding hydrogens is 318 g/mol. The second-order valence-corrected chi connectivity index (χ2v) is 4.77. The molecule has 0 unspecified atom stereocenters. The van der Waals surface area contributed by atoms with Gasteiger partial charge < -0.3 is 9.47 Å². The van der Waals surface area contributed by atoms with Crippen LogP contribution in [-0.4, -0.2) is 7.11 Å². The fourth-order valence-electron chi connectivity index (χ4n) is 1.74. The van der Waals surface area contributed by atoms with E-state index in [2.05, 4.69) is 22.0 Å². The number of hydrogen-bond acceptors (Lipinski definition) is 3. The number of nitriles is 1. The Hall–Kier alpha value is -1.99. The molecule has 0 aromatic heterocycles. The van der Waals surface area contributed by atoms with Gasteiger partial charge in [0, 0.05) is 17.0 Å². The Kier molecular flexibility index (Phi) is 5.03. The molecular formula is C16H14BrNO2. The fraction of sp³-hybridized carbons (Fsp3) is 0.188. The third kappa shape index (κ3) is 3.52. The third-order valence-electron chi connectivity index (χ3n) is 2.90. The van der Waals surface area contributed by atoms with E-state index >= 15 is 0 Å². The molecule has 2 aromatic carbocycles. The highest BCUT2D eigenvalue weighted by molar-refractivity contribution is 9.08. The first-order valence-corrected chi connectivity index (χ1v) is 7.23. The van der Waals surface area contributed by atoms with Gasteiger partial charge in [-0.15, -0.1) is 0 Å². The van der Waals surface area contributed by atoms with Crippen LogP contribution in [0.3, 0.4) is 0 Å². The van der Waals surface area contributed by atoms with Gasteiger partial charge in [0.25, 0.3) is 0 Å². The molecule has 0 bridgehead atoms. The number of ether oxygens (including phenoxy) is 2. The lowest BCUT2D eigenvalue weighted by atomic mass is 10.1. The Labute approximate surface area is 126 Å². The van der Waals surface area contributed by atoms with Gasteiger partial charge in [0.15, 0.2) is 0 Å². The molecule has 0 saturated carbocycles. The van der Waals surface area contributed by atoms with Crippen molar-refractivity contribution in [2.75, 3.05) is 7.11 Å². The summed E-state index contributed by atoms with van der Waals surface area (Å²) in [6, 6.07) is 15.2. The van der Waals surface area contributed by atoms with Crippen molar-refractivity contribution < 1.29 is 9.47 Å². The Morgan fingerprint density at radius 1 is 1.15 bits per heavy atom. The number of hydrogen-bond donors (Lipinski definition) is 0. The lowest BCUT2D eigenvalue weighted by Gasteiger charge is -2.11. The molecule has 0 aliphatic rings. The van der Waals surface area contributed by atoms with Crippen molar-refractivity contribution in [3.63, 3.8) is 0 Å². The molecule has 0 N–H and O–H groups in total. The van der Waals surface area contributed by atoms with E-state index in [1.165, 1.54) is 0 Å². The van der Waals surface area contributed by atoms with Gasteiger partial charge in [0.1, 0.15) is 18.1 Å². The van der Waals surface area contributed by atoms with E-state index < -0.39 is 0 Å².